The minimum atomic E-state index is -0.129. The van der Waals surface area contributed by atoms with Crippen LogP contribution in [0.2, 0.25) is 0 Å². The largest absolute Gasteiger partial charge is 0.493 e. The molecule has 0 unspecified atom stereocenters. The van der Waals surface area contributed by atoms with Crippen LogP contribution < -0.4 is 19.5 Å². The number of hydrogen-bond donors (Lipinski definition) is 1. The van der Waals surface area contributed by atoms with E-state index in [1.165, 1.54) is 0 Å². The maximum absolute atomic E-state index is 12.3. The van der Waals surface area contributed by atoms with E-state index in [-0.39, 0.29) is 12.5 Å². The highest BCUT2D eigenvalue weighted by Crippen LogP contribution is 2.28. The Balaban J connectivity index is 1.37. The molecule has 0 bridgehead atoms. The van der Waals surface area contributed by atoms with Crippen molar-refractivity contribution in [3.8, 4) is 28.6 Å². The molecule has 0 radical (unpaired) electrons. The van der Waals surface area contributed by atoms with Crippen molar-refractivity contribution in [2.75, 3.05) is 26.1 Å². The summed E-state index contributed by atoms with van der Waals surface area (Å²) in [5.74, 6) is 1.79. The lowest BCUT2D eigenvalue weighted by Gasteiger charge is -2.11. The second-order valence-electron chi connectivity index (χ2n) is 7.51. The van der Waals surface area contributed by atoms with E-state index in [4.69, 9.17) is 14.2 Å². The summed E-state index contributed by atoms with van der Waals surface area (Å²) in [5, 5.41) is 2.91. The Morgan fingerprint density at radius 1 is 1.00 bits per heavy atom. The van der Waals surface area contributed by atoms with Gasteiger partial charge in [-0.1, -0.05) is 24.3 Å². The lowest BCUT2D eigenvalue weighted by Crippen LogP contribution is -2.17. The number of nitrogens with one attached hydrogen (secondary N) is 1. The van der Waals surface area contributed by atoms with Crippen LogP contribution >= 0.6 is 0 Å². The van der Waals surface area contributed by atoms with E-state index in [0.29, 0.717) is 36.1 Å². The average Bonchev–Trinajstić information content (AvgIpc) is 3.37. The van der Waals surface area contributed by atoms with Crippen LogP contribution in [0.5, 0.6) is 17.4 Å². The molecule has 4 aromatic rings. The molecule has 2 heterocycles. The van der Waals surface area contributed by atoms with Gasteiger partial charge in [0, 0.05) is 36.1 Å². The first-order valence-corrected chi connectivity index (χ1v) is 10.8. The molecule has 8 nitrogen and oxygen atoms in total. The third kappa shape index (κ3) is 5.92. The van der Waals surface area contributed by atoms with Crippen LogP contribution in [0.25, 0.3) is 11.3 Å². The summed E-state index contributed by atoms with van der Waals surface area (Å²) in [6.07, 6.45) is 5.69. The zero-order chi connectivity index (χ0) is 23.8. The fourth-order valence-corrected chi connectivity index (χ4v) is 3.47. The van der Waals surface area contributed by atoms with Gasteiger partial charge in [-0.2, -0.15) is 0 Å². The molecule has 2 aromatic carbocycles. The molecule has 34 heavy (non-hydrogen) atoms. The Kier molecular flexibility index (Phi) is 7.39. The van der Waals surface area contributed by atoms with E-state index in [0.717, 1.165) is 16.8 Å². The number of imidazole rings is 1. The summed E-state index contributed by atoms with van der Waals surface area (Å²) in [4.78, 5) is 20.9. The van der Waals surface area contributed by atoms with Crippen molar-refractivity contribution < 1.29 is 19.0 Å². The number of pyridine rings is 1. The highest BCUT2D eigenvalue weighted by atomic mass is 16.5. The number of methoxy groups -OCH3 is 2. The van der Waals surface area contributed by atoms with E-state index in [1.807, 2.05) is 60.7 Å². The van der Waals surface area contributed by atoms with Gasteiger partial charge in [0.2, 0.25) is 11.8 Å². The lowest BCUT2D eigenvalue weighted by molar-refractivity contribution is -0.116. The van der Waals surface area contributed by atoms with Crippen LogP contribution in [0.1, 0.15) is 5.56 Å². The second kappa shape index (κ2) is 11.0. The van der Waals surface area contributed by atoms with Gasteiger partial charge in [-0.05, 0) is 35.9 Å². The minimum absolute atomic E-state index is 0.129. The fraction of sp³-hybridized carbons (Fsp3) is 0.192. The first-order valence-electron chi connectivity index (χ1n) is 10.8. The topological polar surface area (TPSA) is 87.5 Å². The van der Waals surface area contributed by atoms with E-state index in [9.17, 15) is 4.79 Å². The summed E-state index contributed by atoms with van der Waals surface area (Å²) in [6, 6.07) is 19.0. The van der Waals surface area contributed by atoms with Gasteiger partial charge in [-0.3, -0.25) is 4.79 Å². The highest BCUT2D eigenvalue weighted by Gasteiger charge is 2.08. The Morgan fingerprint density at radius 3 is 2.65 bits per heavy atom. The second-order valence-corrected chi connectivity index (χ2v) is 7.51. The van der Waals surface area contributed by atoms with Crippen molar-refractivity contribution in [2.24, 2.45) is 0 Å². The van der Waals surface area contributed by atoms with Gasteiger partial charge in [-0.15, -0.1) is 0 Å². The van der Waals surface area contributed by atoms with Gasteiger partial charge >= 0.3 is 0 Å². The number of carbonyl (C=O) groups excluding carboxylic acids is 1. The standard InChI is InChI=1S/C26H26N4O4/c1-32-23-10-9-19(15-24(23)33-2)11-14-34-26-8-4-7-22(29-26)20-5-3-6-21(16-20)28-25(31)17-30-13-12-27-18-30/h3-10,12-13,15-16,18H,11,14,17H2,1-2H3,(H,28,31). The number of hydrogen-bond acceptors (Lipinski definition) is 6. The summed E-state index contributed by atoms with van der Waals surface area (Å²) < 4.78 is 18.2. The molecule has 0 fully saturated rings. The van der Waals surface area contributed by atoms with Crippen molar-refractivity contribution in [1.29, 1.82) is 0 Å². The van der Waals surface area contributed by atoms with Crippen LogP contribution in [0.3, 0.4) is 0 Å². The van der Waals surface area contributed by atoms with Gasteiger partial charge in [0.05, 0.1) is 32.8 Å². The van der Waals surface area contributed by atoms with Gasteiger partial charge in [0.15, 0.2) is 11.5 Å². The molecule has 0 aliphatic rings. The summed E-state index contributed by atoms with van der Waals surface area (Å²) >= 11 is 0. The van der Waals surface area contributed by atoms with E-state index in [1.54, 1.807) is 37.5 Å². The minimum Gasteiger partial charge on any atom is -0.493 e. The molecule has 0 saturated carbocycles. The summed E-state index contributed by atoms with van der Waals surface area (Å²) in [7, 11) is 3.23. The molecule has 174 valence electrons. The molecule has 2 aromatic heterocycles. The van der Waals surface area contributed by atoms with Crippen molar-refractivity contribution in [3.05, 3.63) is 84.9 Å². The SMILES string of the molecule is COc1ccc(CCOc2cccc(-c3cccc(NC(=O)Cn4ccnc4)c3)n2)cc1OC. The molecule has 1 N–H and O–H groups in total. The van der Waals surface area contributed by atoms with Crippen LogP contribution in [-0.2, 0) is 17.8 Å². The Morgan fingerprint density at radius 2 is 1.85 bits per heavy atom. The molecule has 0 saturated heterocycles. The van der Waals surface area contributed by atoms with Crippen molar-refractivity contribution in [1.82, 2.24) is 14.5 Å². The predicted octanol–water partition coefficient (Wildman–Crippen LogP) is 4.22. The van der Waals surface area contributed by atoms with E-state index in [2.05, 4.69) is 15.3 Å². The number of ether oxygens (including phenoxy) is 3. The predicted molar refractivity (Wildman–Crippen MR) is 129 cm³/mol. The third-order valence-electron chi connectivity index (χ3n) is 5.14. The average molecular weight is 459 g/mol. The van der Waals surface area contributed by atoms with Gasteiger partial charge in [-0.25, -0.2) is 9.97 Å². The molecule has 4 rings (SSSR count). The van der Waals surface area contributed by atoms with Crippen LogP contribution in [0.4, 0.5) is 5.69 Å². The van der Waals surface area contributed by atoms with Crippen LogP contribution in [0, 0.1) is 0 Å². The number of nitrogens with zero attached hydrogens (tertiary/aromatic N) is 3. The zero-order valence-corrected chi connectivity index (χ0v) is 19.1. The van der Waals surface area contributed by atoms with Gasteiger partial charge in [0.25, 0.3) is 0 Å². The fourth-order valence-electron chi connectivity index (χ4n) is 3.47. The summed E-state index contributed by atoms with van der Waals surface area (Å²) in [6.45, 7) is 0.669. The molecular formula is C26H26N4O4. The van der Waals surface area contributed by atoms with Crippen molar-refractivity contribution in [3.63, 3.8) is 0 Å². The highest BCUT2D eigenvalue weighted by molar-refractivity contribution is 5.91. The Hall–Kier alpha value is -4.33. The number of aromatic nitrogens is 3. The van der Waals surface area contributed by atoms with Crippen molar-refractivity contribution >= 4 is 11.6 Å². The lowest BCUT2D eigenvalue weighted by atomic mass is 10.1. The first-order chi connectivity index (χ1) is 16.6. The number of carbonyl (C=O) groups is 1. The van der Waals surface area contributed by atoms with E-state index < -0.39 is 0 Å². The Bertz CT molecular complexity index is 1240. The number of rotatable bonds is 10. The normalized spacial score (nSPS) is 10.5. The smallest absolute Gasteiger partial charge is 0.244 e. The molecule has 1 amide bonds. The maximum atomic E-state index is 12.3. The van der Waals surface area contributed by atoms with Crippen LogP contribution in [0.15, 0.2) is 79.4 Å². The maximum Gasteiger partial charge on any atom is 0.244 e. The van der Waals surface area contributed by atoms with Crippen LogP contribution in [-0.4, -0.2) is 41.3 Å². The summed E-state index contributed by atoms with van der Waals surface area (Å²) in [5.41, 5.74) is 3.41. The molecule has 0 atom stereocenters. The molecule has 0 spiro atoms. The molecular weight excluding hydrogens is 432 g/mol. The number of anilines is 1. The number of benzene rings is 2. The monoisotopic (exact) mass is 458 g/mol. The first kappa shape index (κ1) is 22.8. The van der Waals surface area contributed by atoms with Gasteiger partial charge in [0.1, 0.15) is 6.54 Å². The Labute approximate surface area is 198 Å². The third-order valence-corrected chi connectivity index (χ3v) is 5.14. The molecule has 8 heteroatoms. The zero-order valence-electron chi connectivity index (χ0n) is 19.1. The van der Waals surface area contributed by atoms with Gasteiger partial charge < -0.3 is 24.1 Å². The van der Waals surface area contributed by atoms with Crippen molar-refractivity contribution in [2.45, 2.75) is 13.0 Å². The number of amides is 1. The molecule has 0 aliphatic heterocycles. The molecule has 0 aliphatic carbocycles. The van der Waals surface area contributed by atoms with E-state index >= 15 is 0 Å². The quantitative estimate of drug-likeness (QED) is 0.383.